The van der Waals surface area contributed by atoms with Crippen molar-refractivity contribution in [3.05, 3.63) is 33.6 Å². The molecule has 74 valence electrons. The lowest BCUT2D eigenvalue weighted by molar-refractivity contribution is -0.385. The van der Waals surface area contributed by atoms with Crippen molar-refractivity contribution in [2.24, 2.45) is 0 Å². The minimum Gasteiger partial charge on any atom is -0.309 e. The fourth-order valence-electron chi connectivity index (χ4n) is 1.50. The smallest absolute Gasteiger partial charge is 0.290 e. The molecule has 0 spiro atoms. The summed E-state index contributed by atoms with van der Waals surface area (Å²) in [6.45, 7) is 2.67. The van der Waals surface area contributed by atoms with Crippen LogP contribution in [0.1, 0.15) is 23.9 Å². The van der Waals surface area contributed by atoms with Gasteiger partial charge in [0, 0.05) is 6.07 Å². The summed E-state index contributed by atoms with van der Waals surface area (Å²) in [5.41, 5.74) is 1.48. The highest BCUT2D eigenvalue weighted by Gasteiger charge is 2.21. The first-order valence-electron chi connectivity index (χ1n) is 4.54. The van der Waals surface area contributed by atoms with Gasteiger partial charge < -0.3 is 5.32 Å². The summed E-state index contributed by atoms with van der Waals surface area (Å²) in [5.74, 6) is 0. The minimum atomic E-state index is -0.402. The van der Waals surface area contributed by atoms with Gasteiger partial charge in [-0.15, -0.1) is 0 Å². The summed E-state index contributed by atoms with van der Waals surface area (Å²) in [6, 6.07) is 3.54. The normalized spacial score (nSPS) is 20.2. The molecule has 0 aromatic carbocycles. The maximum Gasteiger partial charge on any atom is 0.290 e. The molecule has 1 aromatic heterocycles. The van der Waals surface area contributed by atoms with Crippen molar-refractivity contribution in [3.8, 4) is 0 Å². The number of aryl methyl sites for hydroxylation is 1. The predicted molar refractivity (Wildman–Crippen MR) is 51.0 cm³/mol. The first kappa shape index (κ1) is 9.08. The van der Waals surface area contributed by atoms with Gasteiger partial charge in [0.25, 0.3) is 5.69 Å². The van der Waals surface area contributed by atoms with Crippen LogP contribution in [0, 0.1) is 17.0 Å². The van der Waals surface area contributed by atoms with Crippen molar-refractivity contribution in [1.29, 1.82) is 0 Å². The molecule has 0 aliphatic carbocycles. The molecule has 1 aliphatic heterocycles. The number of nitrogens with zero attached hydrogens (tertiary/aromatic N) is 2. The molecule has 0 unspecified atom stereocenters. The van der Waals surface area contributed by atoms with Crippen LogP contribution in [-0.4, -0.2) is 16.5 Å². The zero-order valence-electron chi connectivity index (χ0n) is 7.86. The number of hydrogen-bond donors (Lipinski definition) is 1. The van der Waals surface area contributed by atoms with E-state index in [2.05, 4.69) is 10.3 Å². The Bertz CT molecular complexity index is 374. The summed E-state index contributed by atoms with van der Waals surface area (Å²) in [5, 5.41) is 13.7. The van der Waals surface area contributed by atoms with Crippen molar-refractivity contribution in [2.45, 2.75) is 19.4 Å². The Hall–Kier alpha value is -1.49. The Kier molecular flexibility index (Phi) is 2.17. The number of nitrogens with one attached hydrogen (secondary N) is 1. The van der Waals surface area contributed by atoms with Crippen LogP contribution >= 0.6 is 0 Å². The van der Waals surface area contributed by atoms with E-state index in [1.807, 2.05) is 0 Å². The van der Waals surface area contributed by atoms with Gasteiger partial charge in [-0.3, -0.25) is 10.1 Å². The van der Waals surface area contributed by atoms with E-state index < -0.39 is 4.92 Å². The molecular weight excluding hydrogens is 182 g/mol. The summed E-state index contributed by atoms with van der Waals surface area (Å²) in [6.07, 6.45) is 1.06. The SMILES string of the molecule is Cc1nc([C@H]2CCN2)ccc1[N+](=O)[O-]. The van der Waals surface area contributed by atoms with Crippen LogP contribution in [0.15, 0.2) is 12.1 Å². The third kappa shape index (κ3) is 1.46. The quantitative estimate of drug-likeness (QED) is 0.568. The summed E-state index contributed by atoms with van der Waals surface area (Å²) >= 11 is 0. The lowest BCUT2D eigenvalue weighted by Crippen LogP contribution is -2.35. The van der Waals surface area contributed by atoms with Crippen LogP contribution in [0.25, 0.3) is 0 Å². The van der Waals surface area contributed by atoms with E-state index in [-0.39, 0.29) is 11.7 Å². The molecule has 0 bridgehead atoms. The predicted octanol–water partition coefficient (Wildman–Crippen LogP) is 1.33. The van der Waals surface area contributed by atoms with E-state index in [4.69, 9.17) is 0 Å². The third-order valence-corrected chi connectivity index (χ3v) is 2.46. The summed E-state index contributed by atoms with van der Waals surface area (Å²) in [4.78, 5) is 14.3. The van der Waals surface area contributed by atoms with Crippen molar-refractivity contribution < 1.29 is 4.92 Å². The van der Waals surface area contributed by atoms with E-state index in [0.29, 0.717) is 5.69 Å². The van der Waals surface area contributed by atoms with Gasteiger partial charge in [-0.2, -0.15) is 0 Å². The zero-order chi connectivity index (χ0) is 10.1. The highest BCUT2D eigenvalue weighted by Crippen LogP contribution is 2.24. The number of hydrogen-bond acceptors (Lipinski definition) is 4. The summed E-state index contributed by atoms with van der Waals surface area (Å²) < 4.78 is 0. The number of pyridine rings is 1. The molecule has 1 N–H and O–H groups in total. The van der Waals surface area contributed by atoms with Crippen LogP contribution in [0.5, 0.6) is 0 Å². The molecule has 2 heterocycles. The van der Waals surface area contributed by atoms with E-state index in [1.54, 1.807) is 13.0 Å². The van der Waals surface area contributed by atoms with Gasteiger partial charge in [-0.05, 0) is 26.0 Å². The second-order valence-corrected chi connectivity index (χ2v) is 3.39. The van der Waals surface area contributed by atoms with Crippen LogP contribution in [0.3, 0.4) is 0 Å². The third-order valence-electron chi connectivity index (χ3n) is 2.46. The number of nitro groups is 1. The molecule has 2 rings (SSSR count). The van der Waals surface area contributed by atoms with Gasteiger partial charge in [-0.25, -0.2) is 4.98 Å². The lowest BCUT2D eigenvalue weighted by Gasteiger charge is -2.26. The minimum absolute atomic E-state index is 0.0908. The first-order valence-corrected chi connectivity index (χ1v) is 4.54. The molecule has 1 atom stereocenters. The average Bonchev–Trinajstić information content (AvgIpc) is 2.00. The van der Waals surface area contributed by atoms with Crippen LogP contribution in [0.2, 0.25) is 0 Å². The van der Waals surface area contributed by atoms with Gasteiger partial charge in [0.05, 0.1) is 16.7 Å². The van der Waals surface area contributed by atoms with Gasteiger partial charge in [0.2, 0.25) is 0 Å². The lowest BCUT2D eigenvalue weighted by atomic mass is 10.0. The highest BCUT2D eigenvalue weighted by molar-refractivity contribution is 5.36. The second kappa shape index (κ2) is 3.34. The maximum absolute atomic E-state index is 10.5. The molecule has 1 saturated heterocycles. The van der Waals surface area contributed by atoms with E-state index in [0.717, 1.165) is 18.7 Å². The standard InChI is InChI=1S/C9H11N3O2/c1-6-9(12(13)14)3-2-8(11-6)7-4-5-10-7/h2-3,7,10H,4-5H2,1H3/t7-/m1/s1. The Morgan fingerprint density at radius 2 is 2.36 bits per heavy atom. The zero-order valence-corrected chi connectivity index (χ0v) is 7.86. The Balaban J connectivity index is 2.30. The molecule has 1 fully saturated rings. The van der Waals surface area contributed by atoms with Crippen molar-refractivity contribution in [1.82, 2.24) is 10.3 Å². The van der Waals surface area contributed by atoms with E-state index in [1.165, 1.54) is 6.07 Å². The number of rotatable bonds is 2. The largest absolute Gasteiger partial charge is 0.309 e. The molecule has 5 heteroatoms. The average molecular weight is 193 g/mol. The van der Waals surface area contributed by atoms with E-state index >= 15 is 0 Å². The fourth-order valence-corrected chi connectivity index (χ4v) is 1.50. The monoisotopic (exact) mass is 193 g/mol. The number of aromatic nitrogens is 1. The Morgan fingerprint density at radius 3 is 2.79 bits per heavy atom. The molecule has 0 radical (unpaired) electrons. The van der Waals surface area contributed by atoms with Gasteiger partial charge >= 0.3 is 0 Å². The molecule has 0 amide bonds. The van der Waals surface area contributed by atoms with Crippen molar-refractivity contribution in [2.75, 3.05) is 6.54 Å². The highest BCUT2D eigenvalue weighted by atomic mass is 16.6. The molecule has 1 aromatic rings. The fraction of sp³-hybridized carbons (Fsp3) is 0.444. The summed E-state index contributed by atoms with van der Waals surface area (Å²) in [7, 11) is 0. The molecule has 1 aliphatic rings. The van der Waals surface area contributed by atoms with Gasteiger partial charge in [0.15, 0.2) is 0 Å². The molecule has 0 saturated carbocycles. The van der Waals surface area contributed by atoms with Gasteiger partial charge in [-0.1, -0.05) is 0 Å². The van der Waals surface area contributed by atoms with E-state index in [9.17, 15) is 10.1 Å². The van der Waals surface area contributed by atoms with Crippen molar-refractivity contribution >= 4 is 5.69 Å². The molecule has 5 nitrogen and oxygen atoms in total. The Morgan fingerprint density at radius 1 is 1.64 bits per heavy atom. The topological polar surface area (TPSA) is 68.1 Å². The molecular formula is C9H11N3O2. The first-order chi connectivity index (χ1) is 6.68. The van der Waals surface area contributed by atoms with Crippen LogP contribution < -0.4 is 5.32 Å². The Labute approximate surface area is 81.3 Å². The van der Waals surface area contributed by atoms with Crippen LogP contribution in [-0.2, 0) is 0 Å². The maximum atomic E-state index is 10.5. The second-order valence-electron chi connectivity index (χ2n) is 3.39. The van der Waals surface area contributed by atoms with Crippen molar-refractivity contribution in [3.63, 3.8) is 0 Å². The molecule has 14 heavy (non-hydrogen) atoms. The van der Waals surface area contributed by atoms with Gasteiger partial charge in [0.1, 0.15) is 5.69 Å². The van der Waals surface area contributed by atoms with Crippen LogP contribution in [0.4, 0.5) is 5.69 Å².